The van der Waals surface area contributed by atoms with Gasteiger partial charge in [-0.1, -0.05) is 71.2 Å². The molecule has 0 spiro atoms. The van der Waals surface area contributed by atoms with Crippen molar-refractivity contribution < 1.29 is 4.79 Å². The molecule has 1 atom stereocenters. The fourth-order valence-electron chi connectivity index (χ4n) is 2.73. The van der Waals surface area contributed by atoms with Gasteiger partial charge in [-0.2, -0.15) is 0 Å². The second kappa shape index (κ2) is 9.13. The van der Waals surface area contributed by atoms with Crippen LogP contribution < -0.4 is 16.0 Å². The predicted octanol–water partition coefficient (Wildman–Crippen LogP) is 4.96. The van der Waals surface area contributed by atoms with Crippen LogP contribution in [0.5, 0.6) is 0 Å². The van der Waals surface area contributed by atoms with Crippen molar-refractivity contribution in [2.24, 2.45) is 0 Å². The van der Waals surface area contributed by atoms with Crippen LogP contribution in [0.2, 0.25) is 0 Å². The number of halogens is 3. The zero-order valence-corrected chi connectivity index (χ0v) is 18.3. The number of anilines is 1. The predicted molar refractivity (Wildman–Crippen MR) is 124 cm³/mol. The maximum atomic E-state index is 12.6. The lowest BCUT2D eigenvalue weighted by molar-refractivity contribution is 0.0934. The van der Waals surface area contributed by atoms with Gasteiger partial charge in [0.25, 0.3) is 5.91 Å². The number of pyridine rings is 1. The molecular weight excluding hydrogens is 451 g/mol. The molecule has 1 unspecified atom stereocenters. The molecule has 29 heavy (non-hydrogen) atoms. The summed E-state index contributed by atoms with van der Waals surface area (Å²) < 4.78 is -1.85. The van der Waals surface area contributed by atoms with Gasteiger partial charge in [0.05, 0.1) is 11.2 Å². The van der Waals surface area contributed by atoms with Crippen LogP contribution in [0.25, 0.3) is 10.9 Å². The first-order valence-corrected chi connectivity index (χ1v) is 10.1. The number of alkyl halides is 3. The Labute approximate surface area is 188 Å². The van der Waals surface area contributed by atoms with E-state index in [0.717, 1.165) is 16.5 Å². The van der Waals surface area contributed by atoms with Crippen LogP contribution in [-0.4, -0.2) is 26.0 Å². The Bertz CT molecular complexity index is 1050. The van der Waals surface area contributed by atoms with Crippen LogP contribution in [0.1, 0.15) is 15.9 Å². The van der Waals surface area contributed by atoms with Gasteiger partial charge in [0.15, 0.2) is 5.11 Å². The molecule has 3 aromatic rings. The summed E-state index contributed by atoms with van der Waals surface area (Å²) in [7, 11) is 0. The summed E-state index contributed by atoms with van der Waals surface area (Å²) in [6.07, 6.45) is 0.624. The summed E-state index contributed by atoms with van der Waals surface area (Å²) >= 11 is 23.6. The van der Waals surface area contributed by atoms with Crippen molar-refractivity contribution in [1.29, 1.82) is 0 Å². The molecule has 5 nitrogen and oxygen atoms in total. The van der Waals surface area contributed by atoms with Crippen LogP contribution in [0.4, 0.5) is 5.69 Å². The zero-order valence-electron chi connectivity index (χ0n) is 15.2. The number of aromatic nitrogens is 1. The molecule has 0 saturated carbocycles. The Morgan fingerprint density at radius 2 is 1.76 bits per heavy atom. The summed E-state index contributed by atoms with van der Waals surface area (Å²) in [4.78, 5) is 17.0. The molecule has 3 rings (SSSR count). The second-order valence-corrected chi connectivity index (χ2v) is 9.02. The quantitative estimate of drug-likeness (QED) is 0.288. The minimum absolute atomic E-state index is 0.171. The highest BCUT2D eigenvalue weighted by atomic mass is 35.6. The van der Waals surface area contributed by atoms with Gasteiger partial charge in [-0.25, -0.2) is 0 Å². The number of thiocarbonyl (C=S) groups is 1. The fourth-order valence-corrected chi connectivity index (χ4v) is 3.29. The number of carbonyl (C=O) groups excluding carboxylic acids is 1. The Hall–Kier alpha value is -2.12. The number of para-hydroxylation sites is 1. The van der Waals surface area contributed by atoms with E-state index in [2.05, 4.69) is 20.9 Å². The molecule has 9 heteroatoms. The van der Waals surface area contributed by atoms with Gasteiger partial charge in [-0.05, 0) is 42.9 Å². The van der Waals surface area contributed by atoms with Gasteiger partial charge < -0.3 is 16.0 Å². The summed E-state index contributed by atoms with van der Waals surface area (Å²) in [6.45, 7) is 1.83. The van der Waals surface area contributed by atoms with Gasteiger partial charge in [0, 0.05) is 17.1 Å². The van der Waals surface area contributed by atoms with Crippen molar-refractivity contribution in [1.82, 2.24) is 15.6 Å². The lowest BCUT2D eigenvalue weighted by Crippen LogP contribution is -2.56. The summed E-state index contributed by atoms with van der Waals surface area (Å²) in [5, 5.41) is 9.70. The molecule has 1 heterocycles. The highest BCUT2D eigenvalue weighted by molar-refractivity contribution is 7.80. The Kier molecular flexibility index (Phi) is 6.80. The lowest BCUT2D eigenvalue weighted by Gasteiger charge is -2.28. The molecule has 0 aliphatic rings. The Morgan fingerprint density at radius 3 is 2.48 bits per heavy atom. The minimum atomic E-state index is -1.85. The SMILES string of the molecule is Cc1ccccc1C(=O)NC(NC(=S)Nc1cccc2cccnc12)C(Cl)(Cl)Cl. The molecule has 1 aromatic heterocycles. The van der Waals surface area contributed by atoms with E-state index >= 15 is 0 Å². The van der Waals surface area contributed by atoms with Crippen molar-refractivity contribution in [2.45, 2.75) is 16.9 Å². The first-order valence-electron chi connectivity index (χ1n) is 8.60. The van der Waals surface area contributed by atoms with Crippen LogP contribution in [0.3, 0.4) is 0 Å². The number of hydrogen-bond donors (Lipinski definition) is 3. The molecule has 0 bridgehead atoms. The van der Waals surface area contributed by atoms with Crippen molar-refractivity contribution in [2.75, 3.05) is 5.32 Å². The summed E-state index contributed by atoms with van der Waals surface area (Å²) in [5.41, 5.74) is 2.71. The molecule has 0 saturated heterocycles. The van der Waals surface area contributed by atoms with Gasteiger partial charge in [0.2, 0.25) is 3.79 Å². The molecule has 0 radical (unpaired) electrons. The van der Waals surface area contributed by atoms with Crippen molar-refractivity contribution >= 4 is 74.6 Å². The molecule has 1 amide bonds. The normalized spacial score (nSPS) is 12.3. The monoisotopic (exact) mass is 466 g/mol. The van der Waals surface area contributed by atoms with Gasteiger partial charge in [0.1, 0.15) is 6.17 Å². The van der Waals surface area contributed by atoms with E-state index < -0.39 is 9.96 Å². The molecule has 150 valence electrons. The van der Waals surface area contributed by atoms with Crippen molar-refractivity contribution in [3.63, 3.8) is 0 Å². The Balaban J connectivity index is 1.76. The average molecular weight is 468 g/mol. The van der Waals surface area contributed by atoms with Crippen molar-refractivity contribution in [3.05, 3.63) is 71.9 Å². The fraction of sp³-hybridized carbons (Fsp3) is 0.150. The molecule has 0 aliphatic heterocycles. The maximum Gasteiger partial charge on any atom is 0.253 e. The number of fused-ring (bicyclic) bond motifs is 1. The smallest absolute Gasteiger partial charge is 0.253 e. The molecule has 0 aliphatic carbocycles. The lowest BCUT2D eigenvalue weighted by atomic mass is 10.1. The van der Waals surface area contributed by atoms with Crippen LogP contribution in [0.15, 0.2) is 60.8 Å². The number of benzene rings is 2. The molecule has 3 N–H and O–H groups in total. The van der Waals surface area contributed by atoms with Crippen LogP contribution >= 0.6 is 47.0 Å². The third-order valence-electron chi connectivity index (χ3n) is 4.15. The second-order valence-electron chi connectivity index (χ2n) is 6.24. The Morgan fingerprint density at radius 1 is 1.03 bits per heavy atom. The third-order valence-corrected chi connectivity index (χ3v) is 5.02. The topological polar surface area (TPSA) is 66.1 Å². The summed E-state index contributed by atoms with van der Waals surface area (Å²) in [5.74, 6) is -0.387. The number of carbonyl (C=O) groups is 1. The van der Waals surface area contributed by atoms with Crippen molar-refractivity contribution in [3.8, 4) is 0 Å². The number of aryl methyl sites for hydroxylation is 1. The maximum absolute atomic E-state index is 12.6. The minimum Gasteiger partial charge on any atom is -0.339 e. The molecule has 0 fully saturated rings. The van der Waals surface area contributed by atoms with E-state index in [1.807, 2.05) is 49.4 Å². The van der Waals surface area contributed by atoms with E-state index in [4.69, 9.17) is 47.0 Å². The van der Waals surface area contributed by atoms with E-state index in [-0.39, 0.29) is 11.0 Å². The number of hydrogen-bond acceptors (Lipinski definition) is 3. The highest BCUT2D eigenvalue weighted by Crippen LogP contribution is 2.29. The highest BCUT2D eigenvalue weighted by Gasteiger charge is 2.35. The van der Waals surface area contributed by atoms with E-state index in [1.54, 1.807) is 18.3 Å². The van der Waals surface area contributed by atoms with Crippen LogP contribution in [0, 0.1) is 6.92 Å². The first kappa shape index (κ1) is 21.6. The van der Waals surface area contributed by atoms with Gasteiger partial charge in [-0.3, -0.25) is 9.78 Å². The average Bonchev–Trinajstić information content (AvgIpc) is 2.67. The molecule has 2 aromatic carbocycles. The van der Waals surface area contributed by atoms with Gasteiger partial charge in [-0.15, -0.1) is 0 Å². The molecular formula is C20H17Cl3N4OS. The van der Waals surface area contributed by atoms with Gasteiger partial charge >= 0.3 is 0 Å². The van der Waals surface area contributed by atoms with E-state index in [9.17, 15) is 4.79 Å². The largest absolute Gasteiger partial charge is 0.339 e. The van der Waals surface area contributed by atoms with E-state index in [0.29, 0.717) is 11.3 Å². The third kappa shape index (κ3) is 5.48. The number of nitrogens with one attached hydrogen (secondary N) is 3. The standard InChI is InChI=1S/C20H17Cl3N4OS/c1-12-6-2-3-9-14(12)17(28)26-18(20(21,22)23)27-19(29)25-15-10-4-7-13-8-5-11-24-16(13)15/h2-11,18H,1H3,(H,26,28)(H2,25,27,29). The number of amides is 1. The van der Waals surface area contributed by atoms with Crippen LogP contribution in [-0.2, 0) is 0 Å². The first-order chi connectivity index (χ1) is 13.8. The number of nitrogens with zero attached hydrogens (tertiary/aromatic N) is 1. The number of rotatable bonds is 4. The van der Waals surface area contributed by atoms with E-state index in [1.165, 1.54) is 0 Å². The summed E-state index contributed by atoms with van der Waals surface area (Å²) in [6, 6.07) is 16.6. The zero-order chi connectivity index (χ0) is 21.0.